The Labute approximate surface area is 126 Å². The van der Waals surface area contributed by atoms with E-state index in [4.69, 9.17) is 15.6 Å². The lowest BCUT2D eigenvalue weighted by Gasteiger charge is -2.45. The van der Waals surface area contributed by atoms with E-state index in [1.54, 1.807) is 0 Å². The van der Waals surface area contributed by atoms with Crippen LogP contribution >= 0.6 is 0 Å². The number of carbonyl (C=O) groups excluding carboxylic acids is 2. The van der Waals surface area contributed by atoms with Crippen molar-refractivity contribution in [3.05, 3.63) is 0 Å². The van der Waals surface area contributed by atoms with Crippen LogP contribution in [0.5, 0.6) is 0 Å². The lowest BCUT2D eigenvalue weighted by molar-refractivity contribution is -0.283. The van der Waals surface area contributed by atoms with Crippen molar-refractivity contribution in [2.24, 2.45) is 5.73 Å². The largest absolute Gasteiger partial charge is 0.465 e. The average Bonchev–Trinajstić information content (AvgIpc) is 2.46. The number of hydrogen-bond acceptors (Lipinski definition) is 9. The molecule has 10 nitrogen and oxygen atoms in total. The molecule has 0 aromatic heterocycles. The molecule has 5 unspecified atom stereocenters. The second kappa shape index (κ2) is 7.31. The summed E-state index contributed by atoms with van der Waals surface area (Å²) in [6.07, 6.45) is -5.14. The van der Waals surface area contributed by atoms with E-state index in [0.717, 1.165) is 7.11 Å². The van der Waals surface area contributed by atoms with Crippen molar-refractivity contribution < 1.29 is 39.5 Å². The summed E-state index contributed by atoms with van der Waals surface area (Å²) in [7, 11) is 1.03. The van der Waals surface area contributed by atoms with Gasteiger partial charge in [-0.1, -0.05) is 0 Å². The number of nitrogens with one attached hydrogen (secondary N) is 1. The van der Waals surface area contributed by atoms with Gasteiger partial charge in [-0.05, 0) is 0 Å². The van der Waals surface area contributed by atoms with E-state index in [9.17, 15) is 24.9 Å². The Morgan fingerprint density at radius 1 is 1.50 bits per heavy atom. The van der Waals surface area contributed by atoms with Crippen molar-refractivity contribution in [2.45, 2.75) is 49.5 Å². The van der Waals surface area contributed by atoms with Crippen LogP contribution in [0.4, 0.5) is 0 Å². The fourth-order valence-electron chi connectivity index (χ4n) is 2.36. The van der Waals surface area contributed by atoms with Crippen LogP contribution in [0.1, 0.15) is 13.3 Å². The predicted octanol–water partition coefficient (Wildman–Crippen LogP) is -3.82. The van der Waals surface area contributed by atoms with Crippen molar-refractivity contribution in [2.75, 3.05) is 13.7 Å². The summed E-state index contributed by atoms with van der Waals surface area (Å²) in [4.78, 5) is 22.9. The average molecular weight is 322 g/mol. The second-order valence-electron chi connectivity index (χ2n) is 5.19. The Hall–Kier alpha value is -1.30. The van der Waals surface area contributed by atoms with Crippen LogP contribution < -0.4 is 11.1 Å². The maximum absolute atomic E-state index is 11.6. The lowest BCUT2D eigenvalue weighted by Crippen LogP contribution is -2.69. The Morgan fingerprint density at radius 3 is 2.55 bits per heavy atom. The van der Waals surface area contributed by atoms with Gasteiger partial charge in [0.05, 0.1) is 19.8 Å². The van der Waals surface area contributed by atoms with Crippen molar-refractivity contribution in [3.8, 4) is 0 Å². The molecule has 1 fully saturated rings. The Kier molecular flexibility index (Phi) is 6.23. The summed E-state index contributed by atoms with van der Waals surface area (Å²) < 4.78 is 9.58. The maximum Gasteiger partial charge on any atom is 0.366 e. The molecule has 0 aromatic rings. The normalized spacial score (nSPS) is 34.6. The summed E-state index contributed by atoms with van der Waals surface area (Å²) in [5.74, 6) is -4.03. The van der Waals surface area contributed by atoms with Crippen LogP contribution in [-0.4, -0.2) is 82.2 Å². The van der Waals surface area contributed by atoms with Crippen molar-refractivity contribution in [3.63, 3.8) is 0 Å². The van der Waals surface area contributed by atoms with Gasteiger partial charge in [0.2, 0.25) is 5.91 Å². The standard InChI is InChI=1S/C12H22N2O8/c1-5(16)14-8-6(13)3-12(20,11(19)21-2)22-10(8)9(18)7(17)4-15/h6-10,15,17-18,20H,3-4,13H2,1-2H3,(H,14,16)/t6?,7?,8?,9?,10?,12-/m0/s1. The highest BCUT2D eigenvalue weighted by Gasteiger charge is 2.53. The van der Waals surface area contributed by atoms with Crippen molar-refractivity contribution in [1.82, 2.24) is 5.32 Å². The first kappa shape index (κ1) is 18.7. The van der Waals surface area contributed by atoms with Crippen LogP contribution in [0.3, 0.4) is 0 Å². The molecule has 1 saturated heterocycles. The number of ether oxygens (including phenoxy) is 2. The number of hydrogen-bond donors (Lipinski definition) is 6. The third-order valence-electron chi connectivity index (χ3n) is 3.45. The predicted molar refractivity (Wildman–Crippen MR) is 71.1 cm³/mol. The van der Waals surface area contributed by atoms with Gasteiger partial charge in [0.1, 0.15) is 18.3 Å². The highest BCUT2D eigenvalue weighted by molar-refractivity contribution is 5.78. The van der Waals surface area contributed by atoms with Gasteiger partial charge in [0, 0.05) is 19.4 Å². The topological polar surface area (TPSA) is 172 Å². The molecule has 1 heterocycles. The molecular weight excluding hydrogens is 300 g/mol. The van der Waals surface area contributed by atoms with Crippen molar-refractivity contribution in [1.29, 1.82) is 0 Å². The zero-order valence-electron chi connectivity index (χ0n) is 12.3. The first-order valence-electron chi connectivity index (χ1n) is 6.64. The van der Waals surface area contributed by atoms with Gasteiger partial charge in [0.25, 0.3) is 5.79 Å². The highest BCUT2D eigenvalue weighted by atomic mass is 16.7. The monoisotopic (exact) mass is 322 g/mol. The molecule has 0 aliphatic carbocycles. The van der Waals surface area contributed by atoms with E-state index in [-0.39, 0.29) is 6.42 Å². The molecule has 0 aromatic carbocycles. The van der Waals surface area contributed by atoms with Gasteiger partial charge < -0.3 is 41.0 Å². The SMILES string of the molecule is COC(=O)[C@]1(O)CC(N)C(NC(C)=O)C(C(O)C(O)CO)O1. The van der Waals surface area contributed by atoms with E-state index in [2.05, 4.69) is 10.1 Å². The molecule has 0 saturated carbocycles. The van der Waals surface area contributed by atoms with Crippen LogP contribution in [0, 0.1) is 0 Å². The molecule has 7 N–H and O–H groups in total. The Balaban J connectivity index is 3.09. The molecule has 128 valence electrons. The minimum atomic E-state index is -2.43. The van der Waals surface area contributed by atoms with Crippen LogP contribution in [0.15, 0.2) is 0 Å². The number of rotatable bonds is 5. The quantitative estimate of drug-likeness (QED) is 0.277. The third kappa shape index (κ3) is 3.91. The molecule has 0 spiro atoms. The smallest absolute Gasteiger partial charge is 0.366 e. The van der Waals surface area contributed by atoms with Gasteiger partial charge in [0.15, 0.2) is 0 Å². The molecule has 1 amide bonds. The van der Waals surface area contributed by atoms with Crippen LogP contribution in [0.2, 0.25) is 0 Å². The molecular formula is C12H22N2O8. The van der Waals surface area contributed by atoms with Gasteiger partial charge in [-0.2, -0.15) is 0 Å². The minimum Gasteiger partial charge on any atom is -0.465 e. The van der Waals surface area contributed by atoms with Crippen LogP contribution in [0.25, 0.3) is 0 Å². The van der Waals surface area contributed by atoms with Crippen molar-refractivity contribution >= 4 is 11.9 Å². The third-order valence-corrected chi connectivity index (χ3v) is 3.45. The Bertz CT molecular complexity index is 420. The highest BCUT2D eigenvalue weighted by Crippen LogP contribution is 2.30. The number of aliphatic hydroxyl groups excluding tert-OH is 3. The molecule has 1 rings (SSSR count). The summed E-state index contributed by atoms with van der Waals surface area (Å²) in [6.45, 7) is 0.416. The first-order valence-corrected chi connectivity index (χ1v) is 6.64. The molecule has 0 radical (unpaired) electrons. The number of methoxy groups -OCH3 is 1. The maximum atomic E-state index is 11.6. The number of esters is 1. The molecule has 6 atom stereocenters. The molecule has 22 heavy (non-hydrogen) atoms. The molecule has 10 heteroatoms. The molecule has 0 bridgehead atoms. The van der Waals surface area contributed by atoms with E-state index >= 15 is 0 Å². The second-order valence-corrected chi connectivity index (χ2v) is 5.19. The summed E-state index contributed by atoms with van der Waals surface area (Å²) in [6, 6.07) is -1.95. The summed E-state index contributed by atoms with van der Waals surface area (Å²) in [5.41, 5.74) is 5.85. The summed E-state index contributed by atoms with van der Waals surface area (Å²) >= 11 is 0. The van der Waals surface area contributed by atoms with Gasteiger partial charge in [-0.25, -0.2) is 4.79 Å². The Morgan fingerprint density at radius 2 is 2.09 bits per heavy atom. The van der Waals surface area contributed by atoms with E-state index in [1.807, 2.05) is 0 Å². The minimum absolute atomic E-state index is 0.386. The van der Waals surface area contributed by atoms with E-state index < -0.39 is 54.7 Å². The zero-order chi connectivity index (χ0) is 17.1. The fraction of sp³-hybridized carbons (Fsp3) is 0.833. The van der Waals surface area contributed by atoms with Crippen LogP contribution in [-0.2, 0) is 19.1 Å². The number of aliphatic hydroxyl groups is 4. The molecule has 1 aliphatic heterocycles. The summed E-state index contributed by atoms with van der Waals surface area (Å²) in [5, 5.41) is 41.1. The van der Waals surface area contributed by atoms with Gasteiger partial charge in [-0.15, -0.1) is 0 Å². The van der Waals surface area contributed by atoms with Gasteiger partial charge in [-0.3, -0.25) is 4.79 Å². The van der Waals surface area contributed by atoms with E-state index in [1.165, 1.54) is 6.92 Å². The zero-order valence-corrected chi connectivity index (χ0v) is 12.3. The number of nitrogens with two attached hydrogens (primary N) is 1. The number of carbonyl (C=O) groups is 2. The fourth-order valence-corrected chi connectivity index (χ4v) is 2.36. The van der Waals surface area contributed by atoms with Gasteiger partial charge >= 0.3 is 5.97 Å². The molecule has 1 aliphatic rings. The first-order chi connectivity index (χ1) is 10.2. The number of amides is 1. The lowest BCUT2D eigenvalue weighted by atomic mass is 9.87. The van der Waals surface area contributed by atoms with E-state index in [0.29, 0.717) is 0 Å².